The van der Waals surface area contributed by atoms with Crippen molar-refractivity contribution in [2.75, 3.05) is 27.7 Å². The summed E-state index contributed by atoms with van der Waals surface area (Å²) in [6.45, 7) is 0.514. The second kappa shape index (κ2) is 6.21. The average Bonchev–Trinajstić information content (AvgIpc) is 2.60. The summed E-state index contributed by atoms with van der Waals surface area (Å²) in [7, 11) is 5.81. The van der Waals surface area contributed by atoms with Gasteiger partial charge < -0.3 is 19.3 Å². The van der Waals surface area contributed by atoms with E-state index in [1.807, 2.05) is 21.1 Å². The lowest BCUT2D eigenvalue weighted by Crippen LogP contribution is -2.49. The molecule has 19 heavy (non-hydrogen) atoms. The van der Waals surface area contributed by atoms with Crippen LogP contribution in [0, 0.1) is 0 Å². The molecule has 1 amide bonds. The molecule has 0 aliphatic carbocycles. The van der Waals surface area contributed by atoms with Crippen molar-refractivity contribution in [3.8, 4) is 0 Å². The number of hydrogen-bond acceptors (Lipinski definition) is 3. The minimum Gasteiger partial charge on any atom is -0.481 e. The SMILES string of the molecule is C[N+](C)(C)CC(CC(=O)O)NC(=O)c1ccc(Br)o1. The van der Waals surface area contributed by atoms with Gasteiger partial charge in [0.05, 0.1) is 40.2 Å². The van der Waals surface area contributed by atoms with E-state index in [4.69, 9.17) is 9.52 Å². The van der Waals surface area contributed by atoms with Crippen LogP contribution in [-0.2, 0) is 4.79 Å². The molecule has 7 heteroatoms. The van der Waals surface area contributed by atoms with Gasteiger partial charge in [-0.3, -0.25) is 9.59 Å². The number of carboxylic acid groups (broad SMARTS) is 1. The molecule has 106 valence electrons. The van der Waals surface area contributed by atoms with Gasteiger partial charge in [0.25, 0.3) is 5.91 Å². The van der Waals surface area contributed by atoms with Crippen LogP contribution >= 0.6 is 15.9 Å². The highest BCUT2D eigenvalue weighted by Crippen LogP contribution is 2.14. The van der Waals surface area contributed by atoms with E-state index < -0.39 is 17.9 Å². The lowest BCUT2D eigenvalue weighted by atomic mass is 10.2. The van der Waals surface area contributed by atoms with Gasteiger partial charge in [-0.2, -0.15) is 0 Å². The van der Waals surface area contributed by atoms with Gasteiger partial charge in [0.2, 0.25) is 0 Å². The summed E-state index contributed by atoms with van der Waals surface area (Å²) < 4.78 is 6.15. The van der Waals surface area contributed by atoms with Crippen LogP contribution in [0.4, 0.5) is 0 Å². The largest absolute Gasteiger partial charge is 0.481 e. The second-order valence-electron chi connectivity index (χ2n) is 5.34. The maximum Gasteiger partial charge on any atom is 0.305 e. The zero-order valence-corrected chi connectivity index (χ0v) is 12.7. The summed E-state index contributed by atoms with van der Waals surface area (Å²) in [5.74, 6) is -1.20. The quantitative estimate of drug-likeness (QED) is 0.769. The molecular weight excluding hydrogens is 316 g/mol. The van der Waals surface area contributed by atoms with Crippen LogP contribution in [0.5, 0.6) is 0 Å². The fraction of sp³-hybridized carbons (Fsp3) is 0.500. The first-order valence-corrected chi connectivity index (χ1v) is 6.55. The Morgan fingerprint density at radius 1 is 1.42 bits per heavy atom. The highest BCUT2D eigenvalue weighted by molar-refractivity contribution is 9.10. The van der Waals surface area contributed by atoms with Gasteiger partial charge in [0.15, 0.2) is 10.4 Å². The number of carbonyl (C=O) groups excluding carboxylic acids is 1. The lowest BCUT2D eigenvalue weighted by molar-refractivity contribution is -0.871. The van der Waals surface area contributed by atoms with Gasteiger partial charge in [-0.25, -0.2) is 0 Å². The number of quaternary nitrogens is 1. The Bertz CT molecular complexity index is 465. The molecule has 2 N–H and O–H groups in total. The Morgan fingerprint density at radius 3 is 2.47 bits per heavy atom. The van der Waals surface area contributed by atoms with Gasteiger partial charge in [-0.1, -0.05) is 0 Å². The minimum atomic E-state index is -0.945. The van der Waals surface area contributed by atoms with Gasteiger partial charge in [0.1, 0.15) is 0 Å². The van der Waals surface area contributed by atoms with E-state index in [-0.39, 0.29) is 12.2 Å². The number of aliphatic carboxylic acids is 1. The average molecular weight is 334 g/mol. The van der Waals surface area contributed by atoms with Crippen LogP contribution in [0.1, 0.15) is 17.0 Å². The van der Waals surface area contributed by atoms with Crippen LogP contribution in [-0.4, -0.2) is 55.2 Å². The molecule has 1 rings (SSSR count). The zero-order chi connectivity index (χ0) is 14.6. The topological polar surface area (TPSA) is 79.5 Å². The smallest absolute Gasteiger partial charge is 0.305 e. The fourth-order valence-corrected chi connectivity index (χ4v) is 2.03. The van der Waals surface area contributed by atoms with E-state index in [1.165, 1.54) is 6.07 Å². The first kappa shape index (κ1) is 15.7. The molecule has 0 bridgehead atoms. The highest BCUT2D eigenvalue weighted by atomic mass is 79.9. The summed E-state index contributed by atoms with van der Waals surface area (Å²) in [6.07, 6.45) is -0.122. The van der Waals surface area contributed by atoms with Gasteiger partial charge >= 0.3 is 5.97 Å². The molecule has 0 spiro atoms. The van der Waals surface area contributed by atoms with E-state index in [2.05, 4.69) is 21.2 Å². The van der Waals surface area contributed by atoms with Crippen molar-refractivity contribution in [1.82, 2.24) is 5.32 Å². The van der Waals surface area contributed by atoms with Crippen molar-refractivity contribution in [3.05, 3.63) is 22.6 Å². The van der Waals surface area contributed by atoms with Crippen LogP contribution in [0.15, 0.2) is 21.2 Å². The van der Waals surface area contributed by atoms with Crippen molar-refractivity contribution >= 4 is 27.8 Å². The molecule has 1 aromatic heterocycles. The number of likely N-dealkylation sites (N-methyl/N-ethyl adjacent to an activating group) is 1. The monoisotopic (exact) mass is 333 g/mol. The van der Waals surface area contributed by atoms with E-state index in [0.29, 0.717) is 15.7 Å². The molecule has 0 aromatic carbocycles. The molecule has 0 saturated heterocycles. The zero-order valence-electron chi connectivity index (χ0n) is 11.1. The maximum atomic E-state index is 11.9. The minimum absolute atomic E-state index is 0.122. The van der Waals surface area contributed by atoms with Crippen LogP contribution < -0.4 is 5.32 Å². The molecular formula is C12H18BrN2O4+. The number of rotatable bonds is 6. The summed E-state index contributed by atoms with van der Waals surface area (Å²) in [6, 6.07) is 2.69. The first-order chi connectivity index (χ1) is 8.67. The molecule has 0 aliphatic heterocycles. The Hall–Kier alpha value is -1.34. The van der Waals surface area contributed by atoms with Crippen molar-refractivity contribution < 1.29 is 23.6 Å². The van der Waals surface area contributed by atoms with Gasteiger partial charge in [-0.15, -0.1) is 0 Å². The number of nitrogens with one attached hydrogen (secondary N) is 1. The number of carbonyl (C=O) groups is 2. The molecule has 1 heterocycles. The van der Waals surface area contributed by atoms with Gasteiger partial charge in [-0.05, 0) is 28.1 Å². The number of amides is 1. The Labute approximate surface area is 120 Å². The Morgan fingerprint density at radius 2 is 2.05 bits per heavy atom. The molecule has 1 atom stereocenters. The molecule has 1 unspecified atom stereocenters. The number of carboxylic acids is 1. The molecule has 0 radical (unpaired) electrons. The van der Waals surface area contributed by atoms with E-state index >= 15 is 0 Å². The summed E-state index contributed by atoms with van der Waals surface area (Å²) in [5, 5.41) is 11.6. The summed E-state index contributed by atoms with van der Waals surface area (Å²) >= 11 is 3.11. The lowest BCUT2D eigenvalue weighted by Gasteiger charge is -2.28. The number of halogens is 1. The van der Waals surface area contributed by atoms with Crippen LogP contribution in [0.25, 0.3) is 0 Å². The number of nitrogens with zero attached hydrogens (tertiary/aromatic N) is 1. The van der Waals surface area contributed by atoms with Crippen molar-refractivity contribution in [1.29, 1.82) is 0 Å². The van der Waals surface area contributed by atoms with E-state index in [0.717, 1.165) is 0 Å². The number of furan rings is 1. The van der Waals surface area contributed by atoms with Crippen LogP contribution in [0.3, 0.4) is 0 Å². The maximum absolute atomic E-state index is 11.9. The first-order valence-electron chi connectivity index (χ1n) is 5.76. The molecule has 0 fully saturated rings. The standard InChI is InChI=1S/C12H17BrN2O4/c1-15(2,3)7-8(6-11(16)17)14-12(18)9-4-5-10(13)19-9/h4-5,8H,6-7H2,1-3H3,(H-,14,16,17,18)/p+1. The van der Waals surface area contributed by atoms with Crippen molar-refractivity contribution in [2.24, 2.45) is 0 Å². The van der Waals surface area contributed by atoms with Crippen LogP contribution in [0.2, 0.25) is 0 Å². The molecule has 0 saturated carbocycles. The summed E-state index contributed by atoms with van der Waals surface area (Å²) in [5.41, 5.74) is 0. The Balaban J connectivity index is 2.71. The predicted molar refractivity (Wildman–Crippen MR) is 72.8 cm³/mol. The Kier molecular flexibility index (Phi) is 5.13. The third kappa shape index (κ3) is 5.89. The number of hydrogen-bond donors (Lipinski definition) is 2. The van der Waals surface area contributed by atoms with E-state index in [9.17, 15) is 9.59 Å². The highest BCUT2D eigenvalue weighted by Gasteiger charge is 2.24. The van der Waals surface area contributed by atoms with Crippen molar-refractivity contribution in [2.45, 2.75) is 12.5 Å². The molecule has 6 nitrogen and oxygen atoms in total. The summed E-state index contributed by atoms with van der Waals surface area (Å²) in [4.78, 5) is 22.7. The van der Waals surface area contributed by atoms with Crippen molar-refractivity contribution in [3.63, 3.8) is 0 Å². The van der Waals surface area contributed by atoms with E-state index in [1.54, 1.807) is 6.07 Å². The third-order valence-electron chi connectivity index (χ3n) is 2.32. The predicted octanol–water partition coefficient (Wildman–Crippen LogP) is 1.32. The molecule has 1 aromatic rings. The fourth-order valence-electron chi connectivity index (χ4n) is 1.73. The normalized spacial score (nSPS) is 13.1. The molecule has 0 aliphatic rings. The van der Waals surface area contributed by atoms with Gasteiger partial charge in [0, 0.05) is 0 Å². The third-order valence-corrected chi connectivity index (χ3v) is 2.75. The second-order valence-corrected chi connectivity index (χ2v) is 6.13.